The largest absolute Gasteiger partial charge is 0.448 e. The Morgan fingerprint density at radius 2 is 2.39 bits per heavy atom. The Bertz CT molecular complexity index is 444. The van der Waals surface area contributed by atoms with Crippen molar-refractivity contribution in [3.05, 3.63) is 21.9 Å². The van der Waals surface area contributed by atoms with Gasteiger partial charge in [0, 0.05) is 18.3 Å². The van der Waals surface area contributed by atoms with Gasteiger partial charge in [-0.25, -0.2) is 4.79 Å². The van der Waals surface area contributed by atoms with Gasteiger partial charge in [-0.1, -0.05) is 0 Å². The Kier molecular flexibility index (Phi) is 4.19. The Morgan fingerprint density at radius 3 is 3.17 bits per heavy atom. The highest BCUT2D eigenvalue weighted by molar-refractivity contribution is 7.10. The molecule has 1 aliphatic heterocycles. The third kappa shape index (κ3) is 3.22. The molecule has 0 fully saturated rings. The zero-order chi connectivity index (χ0) is 13.0. The zero-order valence-corrected chi connectivity index (χ0v) is 11.1. The predicted octanol–water partition coefficient (Wildman–Crippen LogP) is 1.38. The van der Waals surface area contributed by atoms with Crippen molar-refractivity contribution in [1.82, 2.24) is 10.2 Å². The summed E-state index contributed by atoms with van der Waals surface area (Å²) < 4.78 is 5.10. The van der Waals surface area contributed by atoms with Crippen molar-refractivity contribution in [3.8, 4) is 0 Å². The fourth-order valence-electron chi connectivity index (χ4n) is 1.85. The molecule has 0 aromatic carbocycles. The van der Waals surface area contributed by atoms with Gasteiger partial charge in [0.1, 0.15) is 6.61 Å². The highest BCUT2D eigenvalue weighted by atomic mass is 32.1. The number of carbonyl (C=O) groups excluding carboxylic acids is 2. The minimum Gasteiger partial charge on any atom is -0.448 e. The molecule has 0 atom stereocenters. The number of ether oxygens (including phenoxy) is 1. The van der Waals surface area contributed by atoms with Crippen molar-refractivity contribution < 1.29 is 14.3 Å². The van der Waals surface area contributed by atoms with Gasteiger partial charge in [-0.15, -0.1) is 11.3 Å². The van der Waals surface area contributed by atoms with E-state index in [1.807, 2.05) is 0 Å². The van der Waals surface area contributed by atoms with Gasteiger partial charge in [-0.3, -0.25) is 4.79 Å². The third-order valence-corrected chi connectivity index (χ3v) is 3.73. The molecule has 2 amide bonds. The van der Waals surface area contributed by atoms with Crippen LogP contribution < -0.4 is 5.32 Å². The summed E-state index contributed by atoms with van der Waals surface area (Å²) in [4.78, 5) is 25.3. The minimum atomic E-state index is -0.306. The number of hydrogen-bond donors (Lipinski definition) is 1. The summed E-state index contributed by atoms with van der Waals surface area (Å²) in [6.07, 6.45) is 0.582. The fourth-order valence-corrected chi connectivity index (χ4v) is 2.80. The van der Waals surface area contributed by atoms with E-state index in [4.69, 9.17) is 4.74 Å². The molecule has 6 heteroatoms. The summed E-state index contributed by atoms with van der Waals surface area (Å²) in [5, 5.41) is 4.63. The second-order valence-corrected chi connectivity index (χ2v) is 5.14. The molecule has 2 heterocycles. The van der Waals surface area contributed by atoms with E-state index in [9.17, 15) is 9.59 Å². The number of hydrogen-bond acceptors (Lipinski definition) is 4. The first kappa shape index (κ1) is 12.9. The Morgan fingerprint density at radius 1 is 1.56 bits per heavy atom. The van der Waals surface area contributed by atoms with Crippen LogP contribution >= 0.6 is 11.3 Å². The molecule has 1 N–H and O–H groups in total. The molecular formula is C12H16N2O3S. The first-order valence-electron chi connectivity index (χ1n) is 5.88. The molecular weight excluding hydrogens is 252 g/mol. The van der Waals surface area contributed by atoms with Gasteiger partial charge < -0.3 is 15.0 Å². The third-order valence-electron chi connectivity index (χ3n) is 2.78. The topological polar surface area (TPSA) is 58.6 Å². The van der Waals surface area contributed by atoms with Crippen LogP contribution in [0.2, 0.25) is 0 Å². The maximum absolute atomic E-state index is 11.8. The molecule has 0 saturated heterocycles. The number of amides is 2. The lowest BCUT2D eigenvalue weighted by Crippen LogP contribution is -2.37. The molecule has 98 valence electrons. The predicted molar refractivity (Wildman–Crippen MR) is 68.5 cm³/mol. The van der Waals surface area contributed by atoms with Crippen molar-refractivity contribution in [3.63, 3.8) is 0 Å². The van der Waals surface area contributed by atoms with E-state index in [-0.39, 0.29) is 18.6 Å². The van der Waals surface area contributed by atoms with Crippen LogP contribution in [0.5, 0.6) is 0 Å². The maximum Gasteiger partial charge on any atom is 0.410 e. The second-order valence-electron chi connectivity index (χ2n) is 4.14. The number of nitrogens with one attached hydrogen (secondary N) is 1. The van der Waals surface area contributed by atoms with Crippen LogP contribution in [0, 0.1) is 0 Å². The molecule has 0 unspecified atom stereocenters. The lowest BCUT2D eigenvalue weighted by Gasteiger charge is -2.26. The molecule has 1 aromatic rings. The van der Waals surface area contributed by atoms with E-state index in [0.717, 1.165) is 6.42 Å². The van der Waals surface area contributed by atoms with E-state index in [2.05, 4.69) is 16.8 Å². The number of rotatable bonds is 3. The van der Waals surface area contributed by atoms with Gasteiger partial charge >= 0.3 is 6.09 Å². The molecule has 0 aliphatic carbocycles. The SMILES string of the molecule is CC(=O)NCCOC(=O)N1CCc2ccsc2C1. The highest BCUT2D eigenvalue weighted by Crippen LogP contribution is 2.24. The first-order valence-corrected chi connectivity index (χ1v) is 6.76. The minimum absolute atomic E-state index is 0.118. The normalized spacial score (nSPS) is 13.9. The molecule has 0 spiro atoms. The standard InChI is InChI=1S/C12H16N2O3S/c1-9(15)13-4-6-17-12(16)14-5-2-10-3-7-18-11(10)8-14/h3,7H,2,4-6,8H2,1H3,(H,13,15). The van der Waals surface area contributed by atoms with Crippen molar-refractivity contribution in [1.29, 1.82) is 0 Å². The Hall–Kier alpha value is -1.56. The zero-order valence-electron chi connectivity index (χ0n) is 10.3. The molecule has 0 radical (unpaired) electrons. The quantitative estimate of drug-likeness (QED) is 0.843. The van der Waals surface area contributed by atoms with Gasteiger partial charge in [0.05, 0.1) is 13.1 Å². The van der Waals surface area contributed by atoms with Crippen LogP contribution in [0.15, 0.2) is 11.4 Å². The Labute approximate surface area is 110 Å². The van der Waals surface area contributed by atoms with Gasteiger partial charge in [0.25, 0.3) is 0 Å². The number of thiophene rings is 1. The summed E-state index contributed by atoms with van der Waals surface area (Å²) in [7, 11) is 0. The molecule has 5 nitrogen and oxygen atoms in total. The number of carbonyl (C=O) groups is 2. The molecule has 0 bridgehead atoms. The van der Waals surface area contributed by atoms with Crippen molar-refractivity contribution >= 4 is 23.3 Å². The van der Waals surface area contributed by atoms with E-state index >= 15 is 0 Å². The summed E-state index contributed by atoms with van der Waals surface area (Å²) in [5.74, 6) is -0.118. The van der Waals surface area contributed by atoms with E-state index in [0.29, 0.717) is 19.6 Å². The molecule has 1 aliphatic rings. The van der Waals surface area contributed by atoms with E-state index in [1.54, 1.807) is 16.2 Å². The van der Waals surface area contributed by atoms with Gasteiger partial charge in [0.2, 0.25) is 5.91 Å². The smallest absolute Gasteiger partial charge is 0.410 e. The van der Waals surface area contributed by atoms with Crippen molar-refractivity contribution in [2.24, 2.45) is 0 Å². The van der Waals surface area contributed by atoms with Crippen LogP contribution in [0.4, 0.5) is 4.79 Å². The van der Waals surface area contributed by atoms with Crippen LogP contribution in [-0.2, 0) is 22.5 Å². The maximum atomic E-state index is 11.8. The van der Waals surface area contributed by atoms with Crippen LogP contribution in [0.1, 0.15) is 17.4 Å². The van der Waals surface area contributed by atoms with Crippen molar-refractivity contribution in [2.75, 3.05) is 19.7 Å². The second kappa shape index (κ2) is 5.86. The Balaban J connectivity index is 1.75. The number of fused-ring (bicyclic) bond motifs is 1. The van der Waals surface area contributed by atoms with Crippen LogP contribution in [0.3, 0.4) is 0 Å². The molecule has 18 heavy (non-hydrogen) atoms. The van der Waals surface area contributed by atoms with Gasteiger partial charge in [-0.2, -0.15) is 0 Å². The average Bonchev–Trinajstić information content (AvgIpc) is 2.81. The highest BCUT2D eigenvalue weighted by Gasteiger charge is 2.22. The summed E-state index contributed by atoms with van der Waals surface area (Å²) >= 11 is 1.67. The monoisotopic (exact) mass is 268 g/mol. The van der Waals surface area contributed by atoms with E-state index < -0.39 is 0 Å². The summed E-state index contributed by atoms with van der Waals surface area (Å²) in [6, 6.07) is 2.11. The molecule has 1 aromatic heterocycles. The fraction of sp³-hybridized carbons (Fsp3) is 0.500. The summed E-state index contributed by atoms with van der Waals surface area (Å²) in [6.45, 7) is 3.34. The van der Waals surface area contributed by atoms with Crippen LogP contribution in [-0.4, -0.2) is 36.6 Å². The molecule has 2 rings (SSSR count). The lowest BCUT2D eigenvalue weighted by atomic mass is 10.1. The van der Waals surface area contributed by atoms with Gasteiger partial charge in [-0.05, 0) is 23.4 Å². The number of nitrogens with zero attached hydrogens (tertiary/aromatic N) is 1. The summed E-state index contributed by atoms with van der Waals surface area (Å²) in [5.41, 5.74) is 1.34. The van der Waals surface area contributed by atoms with Gasteiger partial charge in [0.15, 0.2) is 0 Å². The molecule has 0 saturated carbocycles. The lowest BCUT2D eigenvalue weighted by molar-refractivity contribution is -0.119. The van der Waals surface area contributed by atoms with E-state index in [1.165, 1.54) is 17.4 Å². The van der Waals surface area contributed by atoms with Crippen molar-refractivity contribution in [2.45, 2.75) is 19.9 Å². The average molecular weight is 268 g/mol. The van der Waals surface area contributed by atoms with Crippen LogP contribution in [0.25, 0.3) is 0 Å². The first-order chi connectivity index (χ1) is 8.66.